The van der Waals surface area contributed by atoms with Gasteiger partial charge in [0, 0.05) is 25.3 Å². The molecule has 0 radical (unpaired) electrons. The second-order valence-electron chi connectivity index (χ2n) is 4.31. The number of nitrogens with zero attached hydrogens (tertiary/aromatic N) is 1. The van der Waals surface area contributed by atoms with Crippen molar-refractivity contribution in [1.29, 1.82) is 0 Å². The molecule has 1 fully saturated rings. The van der Waals surface area contributed by atoms with E-state index in [0.29, 0.717) is 5.69 Å². The van der Waals surface area contributed by atoms with Crippen LogP contribution in [0.1, 0.15) is 18.4 Å². The van der Waals surface area contributed by atoms with Crippen molar-refractivity contribution in [1.82, 2.24) is 0 Å². The van der Waals surface area contributed by atoms with E-state index in [-0.39, 0.29) is 16.7 Å². The second kappa shape index (κ2) is 5.14. The highest BCUT2D eigenvalue weighted by atomic mass is 16.6. The number of rotatable bonds is 3. The molecule has 0 amide bonds. The summed E-state index contributed by atoms with van der Waals surface area (Å²) in [6, 6.07) is 5.40. The van der Waals surface area contributed by atoms with Crippen LogP contribution in [0.25, 0.3) is 0 Å². The maximum Gasteiger partial charge on any atom is 0.292 e. The monoisotopic (exact) mass is 236 g/mol. The number of anilines is 1. The number of hydrogen-bond acceptors (Lipinski definition) is 4. The minimum absolute atomic E-state index is 0.141. The summed E-state index contributed by atoms with van der Waals surface area (Å²) in [5, 5.41) is 14.2. The molecule has 17 heavy (non-hydrogen) atoms. The van der Waals surface area contributed by atoms with Gasteiger partial charge in [0.1, 0.15) is 5.69 Å². The van der Waals surface area contributed by atoms with Gasteiger partial charge in [-0.2, -0.15) is 0 Å². The molecule has 5 heteroatoms. The third kappa shape index (κ3) is 2.94. The maximum absolute atomic E-state index is 10.9. The molecule has 0 saturated carbocycles. The van der Waals surface area contributed by atoms with Crippen LogP contribution >= 0.6 is 0 Å². The zero-order chi connectivity index (χ0) is 12.3. The summed E-state index contributed by atoms with van der Waals surface area (Å²) in [4.78, 5) is 10.6. The lowest BCUT2D eigenvalue weighted by molar-refractivity contribution is -0.384. The summed E-state index contributed by atoms with van der Waals surface area (Å²) < 4.78 is 5.26. The molecule has 1 heterocycles. The summed E-state index contributed by atoms with van der Waals surface area (Å²) in [6.07, 6.45) is 1.79. The van der Waals surface area contributed by atoms with E-state index in [1.54, 1.807) is 12.1 Å². The highest BCUT2D eigenvalue weighted by Gasteiger charge is 2.19. The Balaban J connectivity index is 2.17. The first kappa shape index (κ1) is 11.9. The first-order valence-corrected chi connectivity index (χ1v) is 5.76. The first-order valence-electron chi connectivity index (χ1n) is 5.76. The Kier molecular flexibility index (Phi) is 3.58. The Morgan fingerprint density at radius 3 is 2.76 bits per heavy atom. The average molecular weight is 236 g/mol. The molecule has 92 valence electrons. The minimum Gasteiger partial charge on any atom is -0.381 e. The Labute approximate surface area is 99.9 Å². The van der Waals surface area contributed by atoms with Crippen LogP contribution in [0.2, 0.25) is 0 Å². The van der Waals surface area contributed by atoms with Gasteiger partial charge >= 0.3 is 0 Å². The molecule has 0 aromatic heterocycles. The van der Waals surface area contributed by atoms with Crippen LogP contribution in [0.3, 0.4) is 0 Å². The molecule has 1 N–H and O–H groups in total. The molecule has 0 bridgehead atoms. The van der Waals surface area contributed by atoms with Crippen molar-refractivity contribution >= 4 is 11.4 Å². The number of nitro groups is 1. The lowest BCUT2D eigenvalue weighted by Crippen LogP contribution is -2.28. The number of hydrogen-bond donors (Lipinski definition) is 1. The average Bonchev–Trinajstić information content (AvgIpc) is 2.30. The van der Waals surface area contributed by atoms with E-state index in [1.165, 1.54) is 0 Å². The van der Waals surface area contributed by atoms with Crippen molar-refractivity contribution < 1.29 is 9.66 Å². The van der Waals surface area contributed by atoms with Crippen LogP contribution in [0, 0.1) is 17.0 Å². The van der Waals surface area contributed by atoms with Crippen LogP contribution in [0.15, 0.2) is 18.2 Å². The molecule has 1 aliphatic heterocycles. The topological polar surface area (TPSA) is 64.4 Å². The van der Waals surface area contributed by atoms with E-state index in [9.17, 15) is 10.1 Å². The van der Waals surface area contributed by atoms with Crippen molar-refractivity contribution in [3.05, 3.63) is 33.9 Å². The lowest BCUT2D eigenvalue weighted by atomic mass is 10.1. The van der Waals surface area contributed by atoms with Crippen LogP contribution in [-0.2, 0) is 4.74 Å². The summed E-state index contributed by atoms with van der Waals surface area (Å²) in [6.45, 7) is 3.37. The van der Waals surface area contributed by atoms with E-state index in [1.807, 2.05) is 13.0 Å². The molecule has 2 rings (SSSR count). The molecule has 0 spiro atoms. The lowest BCUT2D eigenvalue weighted by Gasteiger charge is -2.24. The Bertz CT molecular complexity index is 414. The predicted octanol–water partition coefficient (Wildman–Crippen LogP) is 2.49. The van der Waals surface area contributed by atoms with Gasteiger partial charge < -0.3 is 10.1 Å². The highest BCUT2D eigenvalue weighted by molar-refractivity contribution is 5.63. The molecule has 1 aliphatic rings. The molecule has 0 unspecified atom stereocenters. The summed E-state index contributed by atoms with van der Waals surface area (Å²) in [5.41, 5.74) is 1.77. The number of aryl methyl sites for hydroxylation is 1. The largest absolute Gasteiger partial charge is 0.381 e. The summed E-state index contributed by atoms with van der Waals surface area (Å²) in [7, 11) is 0. The van der Waals surface area contributed by atoms with Gasteiger partial charge in [0.2, 0.25) is 0 Å². The molecule has 0 aliphatic carbocycles. The first-order chi connectivity index (χ1) is 8.16. The Morgan fingerprint density at radius 1 is 1.41 bits per heavy atom. The molecule has 1 saturated heterocycles. The van der Waals surface area contributed by atoms with Gasteiger partial charge in [-0.1, -0.05) is 6.07 Å². The zero-order valence-electron chi connectivity index (χ0n) is 9.81. The van der Waals surface area contributed by atoms with E-state index < -0.39 is 0 Å². The van der Waals surface area contributed by atoms with Crippen LogP contribution in [0.5, 0.6) is 0 Å². The fourth-order valence-electron chi connectivity index (χ4n) is 1.99. The third-order valence-corrected chi connectivity index (χ3v) is 2.93. The Morgan fingerprint density at radius 2 is 2.12 bits per heavy atom. The van der Waals surface area contributed by atoms with Gasteiger partial charge in [0.05, 0.1) is 4.92 Å². The van der Waals surface area contributed by atoms with Crippen LogP contribution < -0.4 is 5.32 Å². The third-order valence-electron chi connectivity index (χ3n) is 2.93. The molecule has 1 aromatic rings. The minimum atomic E-state index is -0.346. The predicted molar refractivity (Wildman–Crippen MR) is 65.3 cm³/mol. The summed E-state index contributed by atoms with van der Waals surface area (Å²) >= 11 is 0. The normalized spacial score (nSPS) is 16.8. The van der Waals surface area contributed by atoms with Crippen molar-refractivity contribution in [3.8, 4) is 0 Å². The standard InChI is InChI=1S/C12H16N2O3/c1-9-2-3-12(14(15)16)11(8-9)13-10-4-6-17-7-5-10/h2-3,8,10,13H,4-7H2,1H3. The van der Waals surface area contributed by atoms with E-state index in [2.05, 4.69) is 5.32 Å². The number of benzene rings is 1. The molecule has 5 nitrogen and oxygen atoms in total. The molecular weight excluding hydrogens is 220 g/mol. The van der Waals surface area contributed by atoms with Gasteiger partial charge in [-0.25, -0.2) is 0 Å². The van der Waals surface area contributed by atoms with Crippen molar-refractivity contribution in [2.75, 3.05) is 18.5 Å². The second-order valence-corrected chi connectivity index (χ2v) is 4.31. The van der Waals surface area contributed by atoms with E-state index in [0.717, 1.165) is 31.6 Å². The van der Waals surface area contributed by atoms with Gasteiger partial charge in [0.25, 0.3) is 5.69 Å². The van der Waals surface area contributed by atoms with Gasteiger partial charge in [-0.05, 0) is 31.4 Å². The Hall–Kier alpha value is -1.62. The van der Waals surface area contributed by atoms with Gasteiger partial charge in [0.15, 0.2) is 0 Å². The fourth-order valence-corrected chi connectivity index (χ4v) is 1.99. The smallest absolute Gasteiger partial charge is 0.292 e. The van der Waals surface area contributed by atoms with Gasteiger partial charge in [-0.15, -0.1) is 0 Å². The molecule has 0 atom stereocenters. The quantitative estimate of drug-likeness (QED) is 0.647. The fraction of sp³-hybridized carbons (Fsp3) is 0.500. The number of nitro benzene ring substituents is 1. The van der Waals surface area contributed by atoms with Gasteiger partial charge in [-0.3, -0.25) is 10.1 Å². The van der Waals surface area contributed by atoms with Crippen molar-refractivity contribution in [3.63, 3.8) is 0 Å². The van der Waals surface area contributed by atoms with Crippen LogP contribution in [0.4, 0.5) is 11.4 Å². The highest BCUT2D eigenvalue weighted by Crippen LogP contribution is 2.27. The SMILES string of the molecule is Cc1ccc([N+](=O)[O-])c(NC2CCOCC2)c1. The molecular formula is C12H16N2O3. The summed E-state index contributed by atoms with van der Waals surface area (Å²) in [5.74, 6) is 0. The zero-order valence-corrected chi connectivity index (χ0v) is 9.81. The van der Waals surface area contributed by atoms with E-state index >= 15 is 0 Å². The van der Waals surface area contributed by atoms with Crippen LogP contribution in [-0.4, -0.2) is 24.2 Å². The number of nitrogens with one attached hydrogen (secondary N) is 1. The van der Waals surface area contributed by atoms with Crippen molar-refractivity contribution in [2.24, 2.45) is 0 Å². The van der Waals surface area contributed by atoms with Crippen molar-refractivity contribution in [2.45, 2.75) is 25.8 Å². The number of ether oxygens (including phenoxy) is 1. The molecule has 1 aromatic carbocycles. The maximum atomic E-state index is 10.9. The van der Waals surface area contributed by atoms with E-state index in [4.69, 9.17) is 4.74 Å².